The third-order valence-corrected chi connectivity index (χ3v) is 25.8. The standard InChI is InChI=1S/C20H21ClN6O2.C19H17ClF3N5O.C19H19ClN6O2.2C18H17Cl2N5O/c1-10(25-17-13(18(28)23-2)9-24-20(22)26-17)15-8-11-4-3-5-14(21)16(11)19(29)27(15)12-6-7-12;1-9(26-16-12(19(21,22)23)8-25-18(24)27-16)14-7-10-3-2-4-13(20)15(10)17(29)28(14)11-5-6-11;1-9(24-17-12(16(21)27)8-23-19(22)25-17)14-7-10-3-2-4-13(20)15(10)18(28)26(14)11-5-6-11;1-9(23-16-13(20)8-22-18(21)24-16)14-7-10-3-2-4-12(19)15(10)17(26)25(14)11-5-6-11;1-9(22-15-8-14(21)23-18(20)24-15)13-7-10-3-2-4-12(19)16(10)17(26)25(13)11-5-6-11/h3-5,8-10,12H,6-7H2,1-2H3,(H,23,28)(H3,22,24,25,26);2-4,7-9,11H,5-6H2,1H3,(H3,24,25,26,27);2-4,7-9,11H,5-6H2,1H3,(H2,21,27)(H3,22,23,24,25);2*2-4,7-9,11H,5-6H2,1H3,(H3,21,22,23,24)/t10-;4*9-/m00000/s1. The van der Waals surface area contributed by atoms with Gasteiger partial charge in [0.05, 0.1) is 94.0 Å². The van der Waals surface area contributed by atoms with Crippen LogP contribution < -0.4 is 94.1 Å². The van der Waals surface area contributed by atoms with Crippen molar-refractivity contribution in [2.24, 2.45) is 5.73 Å². The number of aromatic nitrogens is 15. The number of rotatable bonds is 22. The average molecular weight is 2020 g/mol. The number of pyridine rings is 5. The van der Waals surface area contributed by atoms with Gasteiger partial charge in [-0.2, -0.15) is 33.1 Å². The smallest absolute Gasteiger partial charge is 0.383 e. The lowest BCUT2D eigenvalue weighted by Crippen LogP contribution is -2.27. The van der Waals surface area contributed by atoms with Crippen LogP contribution in [0.15, 0.2) is 176 Å². The van der Waals surface area contributed by atoms with E-state index in [1.807, 2.05) is 110 Å². The summed E-state index contributed by atoms with van der Waals surface area (Å²) in [6.07, 6.45) is 9.45. The van der Waals surface area contributed by atoms with Crippen LogP contribution in [-0.4, -0.2) is 91.5 Å². The van der Waals surface area contributed by atoms with Gasteiger partial charge in [-0.3, -0.25) is 33.6 Å². The van der Waals surface area contributed by atoms with Gasteiger partial charge in [-0.15, -0.1) is 0 Å². The van der Waals surface area contributed by atoms with E-state index in [1.54, 1.807) is 75.2 Å². The number of hydrogen-bond acceptors (Lipinski definition) is 27. The lowest BCUT2D eigenvalue weighted by Gasteiger charge is -2.23. The summed E-state index contributed by atoms with van der Waals surface area (Å²) < 4.78 is 48.9. The van der Waals surface area contributed by atoms with Gasteiger partial charge in [-0.25, -0.2) is 29.9 Å². The maximum atomic E-state index is 13.3. The molecule has 34 nitrogen and oxygen atoms in total. The van der Waals surface area contributed by atoms with Crippen LogP contribution in [0.4, 0.5) is 71.9 Å². The topological polar surface area (TPSA) is 501 Å². The predicted octanol–water partition coefficient (Wildman–Crippen LogP) is 18.5. The van der Waals surface area contributed by atoms with Crippen LogP contribution in [-0.2, 0) is 6.18 Å². The molecule has 0 spiro atoms. The Hall–Kier alpha value is -13.7. The summed E-state index contributed by atoms with van der Waals surface area (Å²) in [6, 6.07) is 37.2. The number of nitrogens with one attached hydrogen (secondary N) is 6. The van der Waals surface area contributed by atoms with Gasteiger partial charge in [-0.1, -0.05) is 130 Å². The van der Waals surface area contributed by atoms with Crippen LogP contribution >= 0.6 is 81.2 Å². The fourth-order valence-electron chi connectivity index (χ4n) is 16.6. The zero-order valence-corrected chi connectivity index (χ0v) is 79.9. The molecule has 15 aromatic rings. The monoisotopic (exact) mass is 2010 g/mol. The number of alkyl halides is 3. The number of anilines is 10. The largest absolute Gasteiger partial charge is 0.421 e. The van der Waals surface area contributed by atoms with Crippen LogP contribution in [0.3, 0.4) is 0 Å². The molecule has 0 unspecified atom stereocenters. The van der Waals surface area contributed by atoms with E-state index in [0.29, 0.717) is 91.8 Å². The van der Waals surface area contributed by atoms with Crippen molar-refractivity contribution in [3.63, 3.8) is 0 Å². The average Bonchev–Trinajstić information content (AvgIpc) is 1.59. The van der Waals surface area contributed by atoms with E-state index in [0.717, 1.165) is 109 Å². The highest BCUT2D eigenvalue weighted by Gasteiger charge is 2.39. The number of halogens is 10. The quantitative estimate of drug-likeness (QED) is 0.0280. The molecule has 0 saturated heterocycles. The van der Waals surface area contributed by atoms with E-state index in [-0.39, 0.29) is 140 Å². The number of primary amides is 1. The minimum absolute atomic E-state index is 0.0000204. The Morgan fingerprint density at radius 1 is 0.362 bits per heavy atom. The van der Waals surface area contributed by atoms with Gasteiger partial charge in [0.1, 0.15) is 45.2 Å². The molecule has 138 heavy (non-hydrogen) atoms. The zero-order chi connectivity index (χ0) is 98.5. The molecule has 5 aliphatic rings. The first kappa shape index (κ1) is 97.4. The Kier molecular flexibility index (Phi) is 28.3. The second-order valence-electron chi connectivity index (χ2n) is 34.0. The van der Waals surface area contributed by atoms with Crippen molar-refractivity contribution in [1.82, 2.24) is 78.0 Å². The van der Waals surface area contributed by atoms with Crippen LogP contribution in [0, 0.1) is 0 Å². The number of nitrogen functional groups attached to an aromatic ring is 5. The molecule has 2 amide bonds. The molecule has 5 fully saturated rings. The summed E-state index contributed by atoms with van der Waals surface area (Å²) >= 11 is 43.4. The van der Waals surface area contributed by atoms with Gasteiger partial charge < -0.3 is 89.1 Å². The number of carbonyl (C=O) groups is 2. The summed E-state index contributed by atoms with van der Waals surface area (Å²) in [5, 5.41) is 27.2. The van der Waals surface area contributed by atoms with E-state index in [2.05, 4.69) is 81.7 Å². The minimum atomic E-state index is -4.65. The van der Waals surface area contributed by atoms with Crippen molar-refractivity contribution in [2.75, 3.05) is 62.3 Å². The summed E-state index contributed by atoms with van der Waals surface area (Å²) in [7, 11) is 1.53. The Bertz CT molecular complexity index is 7660. The number of fused-ring (bicyclic) bond motifs is 5. The molecule has 5 atom stereocenters. The molecule has 714 valence electrons. The molecule has 5 saturated carbocycles. The third kappa shape index (κ3) is 21.2. The van der Waals surface area contributed by atoms with Gasteiger partial charge in [-0.05, 0) is 198 Å². The molecular formula is C94H91Cl7F3N27O7. The molecule has 20 rings (SSSR count). The van der Waals surface area contributed by atoms with Crippen molar-refractivity contribution in [2.45, 2.75) is 165 Å². The predicted molar refractivity (Wildman–Crippen MR) is 537 cm³/mol. The number of nitrogens with two attached hydrogens (primary N) is 6. The second kappa shape index (κ2) is 40.2. The fourth-order valence-corrected chi connectivity index (χ4v) is 18.2. The molecule has 10 aromatic heterocycles. The van der Waals surface area contributed by atoms with Crippen LogP contribution in [0.1, 0.15) is 214 Å². The Morgan fingerprint density at radius 3 is 0.942 bits per heavy atom. The van der Waals surface area contributed by atoms with E-state index >= 15 is 0 Å². The van der Waals surface area contributed by atoms with Crippen LogP contribution in [0.5, 0.6) is 0 Å². The molecular weight excluding hydrogens is 1920 g/mol. The van der Waals surface area contributed by atoms with Crippen molar-refractivity contribution >= 4 is 206 Å². The number of benzene rings is 5. The molecule has 0 bridgehead atoms. The van der Waals surface area contributed by atoms with Crippen molar-refractivity contribution < 1.29 is 22.8 Å². The fraction of sp³-hybridized carbons (Fsp3) is 0.287. The van der Waals surface area contributed by atoms with E-state index in [4.69, 9.17) is 116 Å². The molecule has 5 aliphatic carbocycles. The highest BCUT2D eigenvalue weighted by atomic mass is 35.5. The van der Waals surface area contributed by atoms with E-state index in [9.17, 15) is 46.7 Å². The van der Waals surface area contributed by atoms with Crippen LogP contribution in [0.25, 0.3) is 53.9 Å². The third-order valence-electron chi connectivity index (χ3n) is 23.8. The maximum absolute atomic E-state index is 13.3. The molecule has 18 N–H and O–H groups in total. The Balaban J connectivity index is 0.000000125. The number of nitrogens with zero attached hydrogens (tertiary/aromatic N) is 15. The first-order valence-electron chi connectivity index (χ1n) is 43.9. The Labute approximate surface area is 818 Å². The van der Waals surface area contributed by atoms with Crippen molar-refractivity contribution in [3.05, 3.63) is 285 Å². The SMILES string of the molecule is CNC(=O)c1cnc(N)nc1N[C@@H](C)c1cc2cccc(Cl)c2c(=O)n1C1CC1.C[C@H](Nc1cc(N)nc(Cl)n1)c1cc2cccc(Cl)c2c(=O)n1C1CC1.C[C@H](Nc1nc(N)ncc1C(F)(F)F)c1cc2cccc(Cl)c2c(=O)n1C1CC1.C[C@H](Nc1nc(N)ncc1C(N)=O)c1cc2cccc(Cl)c2c(=O)n1C1CC1.C[C@H](Nc1nc(N)ncc1Cl)c1cc2cccc(Cl)c2c(=O)n1C1CC1. The van der Waals surface area contributed by atoms with Gasteiger partial charge >= 0.3 is 6.18 Å². The molecule has 44 heteroatoms. The number of carbonyl (C=O) groups excluding carboxylic acids is 2. The number of amides is 2. The molecule has 5 aromatic carbocycles. The summed E-state index contributed by atoms with van der Waals surface area (Å²) in [5.74, 6) is 0.267. The van der Waals surface area contributed by atoms with E-state index in [1.165, 1.54) is 25.6 Å². The van der Waals surface area contributed by atoms with E-state index < -0.39 is 29.5 Å². The summed E-state index contributed by atoms with van der Waals surface area (Å²) in [5.41, 5.74) is 36.3. The zero-order valence-electron chi connectivity index (χ0n) is 74.6. The maximum Gasteiger partial charge on any atom is 0.421 e. The summed E-state index contributed by atoms with van der Waals surface area (Å²) in [6.45, 7) is 9.39. The van der Waals surface area contributed by atoms with Gasteiger partial charge in [0.2, 0.25) is 29.1 Å². The molecule has 0 radical (unpaired) electrons. The van der Waals surface area contributed by atoms with Gasteiger partial charge in [0.15, 0.2) is 5.82 Å². The lowest BCUT2D eigenvalue weighted by atomic mass is 10.1. The summed E-state index contributed by atoms with van der Waals surface area (Å²) in [4.78, 5) is 129. The van der Waals surface area contributed by atoms with Gasteiger partial charge in [0, 0.05) is 90.4 Å². The molecule has 0 aliphatic heterocycles. The highest BCUT2D eigenvalue weighted by molar-refractivity contribution is 6.37. The minimum Gasteiger partial charge on any atom is -0.383 e. The van der Waals surface area contributed by atoms with Gasteiger partial charge in [0.25, 0.3) is 39.6 Å². The highest BCUT2D eigenvalue weighted by Crippen LogP contribution is 2.45. The number of hydrogen-bond donors (Lipinski definition) is 12. The first-order valence-corrected chi connectivity index (χ1v) is 46.5. The normalized spacial score (nSPS) is 15.0. The van der Waals surface area contributed by atoms with Crippen molar-refractivity contribution in [1.29, 1.82) is 0 Å². The lowest BCUT2D eigenvalue weighted by molar-refractivity contribution is -0.137. The van der Waals surface area contributed by atoms with Crippen LogP contribution in [0.2, 0.25) is 35.4 Å². The van der Waals surface area contributed by atoms with Crippen molar-refractivity contribution in [3.8, 4) is 0 Å². The molecule has 10 heterocycles. The Morgan fingerprint density at radius 2 is 0.638 bits per heavy atom. The second-order valence-corrected chi connectivity index (χ2v) is 36.8. The first-order chi connectivity index (χ1) is 65.8.